The van der Waals surface area contributed by atoms with E-state index in [1.165, 1.54) is 12.4 Å². The molecule has 0 bridgehead atoms. The molecule has 0 aliphatic carbocycles. The Labute approximate surface area is 88.8 Å². The molecule has 2 N–H and O–H groups in total. The molecule has 0 saturated heterocycles. The summed E-state index contributed by atoms with van der Waals surface area (Å²) in [7, 11) is 0. The molecule has 1 heterocycles. The van der Waals surface area contributed by atoms with Crippen LogP contribution in [0.3, 0.4) is 0 Å². The maximum atomic E-state index is 9.56. The molecule has 1 rings (SSSR count). The van der Waals surface area contributed by atoms with Crippen LogP contribution in [-0.4, -0.2) is 27.7 Å². The lowest BCUT2D eigenvalue weighted by atomic mass is 10.1. The molecule has 1 atom stereocenters. The molecular formula is C10H14N4O. The third-order valence-electron chi connectivity index (χ3n) is 2.05. The summed E-state index contributed by atoms with van der Waals surface area (Å²) in [5, 5.41) is 21.2. The Morgan fingerprint density at radius 1 is 1.47 bits per heavy atom. The zero-order valence-corrected chi connectivity index (χ0v) is 8.81. The van der Waals surface area contributed by atoms with Crippen LogP contribution in [0, 0.1) is 17.2 Å². The summed E-state index contributed by atoms with van der Waals surface area (Å²) in [6.45, 7) is 4.22. The molecule has 1 aromatic rings. The molecule has 0 aliphatic heterocycles. The molecule has 5 nitrogen and oxygen atoms in total. The first-order valence-corrected chi connectivity index (χ1v) is 4.78. The fourth-order valence-electron chi connectivity index (χ4n) is 0.986. The van der Waals surface area contributed by atoms with Gasteiger partial charge in [-0.3, -0.25) is 0 Å². The van der Waals surface area contributed by atoms with Crippen molar-refractivity contribution in [1.29, 1.82) is 5.26 Å². The van der Waals surface area contributed by atoms with Gasteiger partial charge in [-0.05, 0) is 5.92 Å². The van der Waals surface area contributed by atoms with E-state index in [-0.39, 0.29) is 11.6 Å². The van der Waals surface area contributed by atoms with Crippen LogP contribution in [-0.2, 0) is 0 Å². The average molecular weight is 206 g/mol. The van der Waals surface area contributed by atoms with E-state index >= 15 is 0 Å². The Hall–Kier alpha value is -1.67. The van der Waals surface area contributed by atoms with Crippen LogP contribution >= 0.6 is 0 Å². The monoisotopic (exact) mass is 206 g/mol. The number of aliphatic hydroxyl groups excluding tert-OH is 1. The lowest BCUT2D eigenvalue weighted by Crippen LogP contribution is -2.25. The van der Waals surface area contributed by atoms with Crippen molar-refractivity contribution in [3.05, 3.63) is 18.1 Å². The highest BCUT2D eigenvalue weighted by Gasteiger charge is 2.10. The summed E-state index contributed by atoms with van der Waals surface area (Å²) in [6, 6.07) is 1.93. The van der Waals surface area contributed by atoms with Crippen molar-refractivity contribution in [3.63, 3.8) is 0 Å². The predicted molar refractivity (Wildman–Crippen MR) is 56.1 cm³/mol. The smallest absolute Gasteiger partial charge is 0.182 e. The van der Waals surface area contributed by atoms with Gasteiger partial charge >= 0.3 is 0 Å². The number of hydrogen-bond donors (Lipinski definition) is 2. The maximum absolute atomic E-state index is 9.56. The highest BCUT2D eigenvalue weighted by molar-refractivity contribution is 5.46. The number of anilines is 1. The lowest BCUT2D eigenvalue weighted by molar-refractivity contribution is 0.138. The van der Waals surface area contributed by atoms with Gasteiger partial charge in [0.25, 0.3) is 0 Å². The van der Waals surface area contributed by atoms with E-state index in [0.29, 0.717) is 12.4 Å². The first-order valence-electron chi connectivity index (χ1n) is 4.78. The number of aliphatic hydroxyl groups is 1. The normalized spacial score (nSPS) is 12.2. The third-order valence-corrected chi connectivity index (χ3v) is 2.05. The number of hydrogen-bond acceptors (Lipinski definition) is 5. The molecular weight excluding hydrogens is 192 g/mol. The number of nitrogens with one attached hydrogen (secondary N) is 1. The van der Waals surface area contributed by atoms with Crippen molar-refractivity contribution in [2.45, 2.75) is 20.0 Å². The van der Waals surface area contributed by atoms with Crippen LogP contribution in [0.25, 0.3) is 0 Å². The molecule has 0 amide bonds. The zero-order chi connectivity index (χ0) is 11.3. The van der Waals surface area contributed by atoms with Gasteiger partial charge in [0.15, 0.2) is 11.5 Å². The minimum atomic E-state index is -0.460. The van der Waals surface area contributed by atoms with E-state index in [0.717, 1.165) is 0 Å². The Kier molecular flexibility index (Phi) is 4.01. The summed E-state index contributed by atoms with van der Waals surface area (Å²) < 4.78 is 0. The quantitative estimate of drug-likeness (QED) is 0.760. The largest absolute Gasteiger partial charge is 0.391 e. The molecule has 80 valence electrons. The van der Waals surface area contributed by atoms with Crippen LogP contribution in [0.2, 0.25) is 0 Å². The van der Waals surface area contributed by atoms with E-state index in [2.05, 4.69) is 15.3 Å². The van der Waals surface area contributed by atoms with Gasteiger partial charge in [0.1, 0.15) is 6.07 Å². The second kappa shape index (κ2) is 5.27. The van der Waals surface area contributed by atoms with Gasteiger partial charge in [0.2, 0.25) is 0 Å². The van der Waals surface area contributed by atoms with Crippen LogP contribution in [0.15, 0.2) is 12.4 Å². The predicted octanol–water partition coefficient (Wildman–Crippen LogP) is 0.777. The fourth-order valence-corrected chi connectivity index (χ4v) is 0.986. The summed E-state index contributed by atoms with van der Waals surface area (Å²) in [5.74, 6) is 0.583. The molecule has 1 unspecified atom stereocenters. The number of nitriles is 1. The van der Waals surface area contributed by atoms with Crippen LogP contribution in [0.1, 0.15) is 19.5 Å². The molecule has 5 heteroatoms. The topological polar surface area (TPSA) is 81.8 Å². The summed E-state index contributed by atoms with van der Waals surface area (Å²) >= 11 is 0. The van der Waals surface area contributed by atoms with Crippen molar-refractivity contribution in [3.8, 4) is 6.07 Å². The molecule has 0 spiro atoms. The first-order chi connectivity index (χ1) is 7.15. The lowest BCUT2D eigenvalue weighted by Gasteiger charge is -2.15. The Morgan fingerprint density at radius 2 is 2.13 bits per heavy atom. The van der Waals surface area contributed by atoms with Gasteiger partial charge in [0, 0.05) is 18.9 Å². The second-order valence-electron chi connectivity index (χ2n) is 3.56. The van der Waals surface area contributed by atoms with Gasteiger partial charge in [0.05, 0.1) is 6.10 Å². The highest BCUT2D eigenvalue weighted by Crippen LogP contribution is 2.08. The standard InChI is InChI=1S/C10H14N4O/c1-7(2)9(15)6-14-10-8(5-11)12-3-4-13-10/h3-4,7,9,15H,6H2,1-2H3,(H,13,14). The molecule has 0 aromatic carbocycles. The number of aromatic nitrogens is 2. The van der Waals surface area contributed by atoms with Crippen molar-refractivity contribution in [2.24, 2.45) is 5.92 Å². The van der Waals surface area contributed by atoms with Gasteiger partial charge in [-0.1, -0.05) is 13.8 Å². The third kappa shape index (κ3) is 3.18. The van der Waals surface area contributed by atoms with E-state index in [9.17, 15) is 5.11 Å². The van der Waals surface area contributed by atoms with E-state index < -0.39 is 6.10 Å². The Morgan fingerprint density at radius 3 is 2.73 bits per heavy atom. The van der Waals surface area contributed by atoms with Crippen molar-refractivity contribution >= 4 is 5.82 Å². The van der Waals surface area contributed by atoms with Crippen molar-refractivity contribution in [2.75, 3.05) is 11.9 Å². The molecule has 0 fully saturated rings. The maximum Gasteiger partial charge on any atom is 0.182 e. The zero-order valence-electron chi connectivity index (χ0n) is 8.81. The number of rotatable bonds is 4. The van der Waals surface area contributed by atoms with Crippen LogP contribution in [0.4, 0.5) is 5.82 Å². The first kappa shape index (κ1) is 11.4. The van der Waals surface area contributed by atoms with Gasteiger partial charge in [-0.2, -0.15) is 5.26 Å². The number of nitrogens with zero attached hydrogens (tertiary/aromatic N) is 3. The molecule has 15 heavy (non-hydrogen) atoms. The highest BCUT2D eigenvalue weighted by atomic mass is 16.3. The Bertz CT molecular complexity index is 359. The van der Waals surface area contributed by atoms with Crippen LogP contribution in [0.5, 0.6) is 0 Å². The minimum Gasteiger partial charge on any atom is -0.391 e. The summed E-state index contributed by atoms with van der Waals surface area (Å²) in [5.41, 5.74) is 0.244. The second-order valence-corrected chi connectivity index (χ2v) is 3.56. The van der Waals surface area contributed by atoms with Gasteiger partial charge in [-0.25, -0.2) is 9.97 Å². The van der Waals surface area contributed by atoms with E-state index in [1.54, 1.807) is 0 Å². The summed E-state index contributed by atoms with van der Waals surface area (Å²) in [6.07, 6.45) is 2.51. The molecule has 0 aliphatic rings. The minimum absolute atomic E-state index is 0.166. The van der Waals surface area contributed by atoms with Crippen LogP contribution < -0.4 is 5.32 Å². The van der Waals surface area contributed by atoms with E-state index in [1.807, 2.05) is 19.9 Å². The van der Waals surface area contributed by atoms with Gasteiger partial charge < -0.3 is 10.4 Å². The SMILES string of the molecule is CC(C)C(O)CNc1nccnc1C#N. The molecule has 1 aromatic heterocycles. The summed E-state index contributed by atoms with van der Waals surface area (Å²) in [4.78, 5) is 7.83. The van der Waals surface area contributed by atoms with Crippen molar-refractivity contribution < 1.29 is 5.11 Å². The average Bonchev–Trinajstić information content (AvgIpc) is 2.26. The molecule has 0 radical (unpaired) electrons. The van der Waals surface area contributed by atoms with Crippen molar-refractivity contribution in [1.82, 2.24) is 9.97 Å². The fraction of sp³-hybridized carbons (Fsp3) is 0.500. The van der Waals surface area contributed by atoms with E-state index in [4.69, 9.17) is 5.26 Å². The molecule has 0 saturated carbocycles. The van der Waals surface area contributed by atoms with Gasteiger partial charge in [-0.15, -0.1) is 0 Å². The Balaban J connectivity index is 2.62.